The first kappa shape index (κ1) is 118. The Morgan fingerprint density at radius 2 is 1.05 bits per heavy atom. The summed E-state index contributed by atoms with van der Waals surface area (Å²) in [5.74, 6) is 6.31. The van der Waals surface area contributed by atoms with Gasteiger partial charge in [0.05, 0.1) is 167 Å². The quantitative estimate of drug-likeness (QED) is 0.00547. The second kappa shape index (κ2) is 60.2. The number of phenolic OH excluding ortho intramolecular Hbond substituents is 1. The smallest absolute Gasteiger partial charge is 0.327 e. The summed E-state index contributed by atoms with van der Waals surface area (Å²) in [6, 6.07) is 19.8. The van der Waals surface area contributed by atoms with E-state index in [1.54, 1.807) is 30.9 Å². The fourth-order valence-electron chi connectivity index (χ4n) is 20.9. The van der Waals surface area contributed by atoms with Crippen molar-refractivity contribution in [3.05, 3.63) is 124 Å². The number of nitrogens with two attached hydrogens (primary N) is 2. The molecule has 0 bridgehead atoms. The van der Waals surface area contributed by atoms with Gasteiger partial charge in [0, 0.05) is 55.7 Å². The molecule has 3 saturated carbocycles. The van der Waals surface area contributed by atoms with Gasteiger partial charge in [-0.1, -0.05) is 122 Å². The molecule has 10 rings (SSSR count). The first-order valence-electron chi connectivity index (χ1n) is 51.9. The number of phenols is 1. The zero-order valence-electron chi connectivity index (χ0n) is 86.1. The first-order chi connectivity index (χ1) is 70.7. The van der Waals surface area contributed by atoms with Crippen LogP contribution in [-0.4, -0.2) is 291 Å². The van der Waals surface area contributed by atoms with Crippen LogP contribution in [0.2, 0.25) is 0 Å². The fourth-order valence-corrected chi connectivity index (χ4v) is 21.3. The Bertz CT molecular complexity index is 5210. The monoisotopic (exact) mass is 2070 g/mol. The molecule has 40 nitrogen and oxygen atoms in total. The summed E-state index contributed by atoms with van der Waals surface area (Å²) in [6.45, 7) is 15.4. The largest absolute Gasteiger partial charge is 0.508 e. The molecule has 12 amide bonds. The number of aryl methyl sites for hydroxylation is 2. The number of anilines is 2. The number of primary amides is 1. The number of nitrogens with zero attached hydrogens (tertiary/aromatic N) is 3. The van der Waals surface area contributed by atoms with E-state index in [-0.39, 0.29) is 197 Å². The second-order valence-electron chi connectivity index (χ2n) is 39.6. The number of unbranched alkanes of at least 4 members (excludes halogenated alkanes) is 1. The number of imide groups is 1. The number of ether oxygens (including phenoxy) is 10. The lowest BCUT2D eigenvalue weighted by molar-refractivity contribution is -0.150. The Morgan fingerprint density at radius 3 is 1.66 bits per heavy atom. The molecule has 810 valence electrons. The van der Waals surface area contributed by atoms with Crippen LogP contribution in [0.25, 0.3) is 0 Å². The van der Waals surface area contributed by atoms with Crippen molar-refractivity contribution in [3.63, 3.8) is 0 Å². The molecule has 1 heterocycles. The fraction of sp³-hybridized carbons (Fsp3) is 0.632. The third-order valence-electron chi connectivity index (χ3n) is 28.8. The molecule has 17 N–H and O–H groups in total. The number of nitrogens with one attached hydrogen (secondary N) is 9. The molecule has 3 fully saturated rings. The van der Waals surface area contributed by atoms with Crippen LogP contribution in [0.4, 0.5) is 16.2 Å². The molecular weight excluding hydrogens is 1920 g/mol. The molecule has 147 heavy (non-hydrogen) atoms. The molecule has 0 spiro atoms. The van der Waals surface area contributed by atoms with Crippen molar-refractivity contribution in [3.8, 4) is 17.6 Å². The van der Waals surface area contributed by atoms with Gasteiger partial charge in [0.1, 0.15) is 48.3 Å². The third kappa shape index (κ3) is 36.3. The number of hydrazone groups is 1. The molecule has 4 aromatic carbocycles. The van der Waals surface area contributed by atoms with Gasteiger partial charge < -0.3 is 126 Å². The van der Waals surface area contributed by atoms with Crippen molar-refractivity contribution in [2.75, 3.05) is 175 Å². The Kier molecular flexibility index (Phi) is 48.4. The van der Waals surface area contributed by atoms with Crippen molar-refractivity contribution < 1.29 is 125 Å². The van der Waals surface area contributed by atoms with Crippen LogP contribution in [-0.2, 0) is 130 Å². The number of aliphatic hydroxyl groups excluding tert-OH is 1. The van der Waals surface area contributed by atoms with Crippen LogP contribution < -0.4 is 64.3 Å². The molecule has 0 radical (unpaired) electrons. The number of aromatic hydroxyl groups is 1. The van der Waals surface area contributed by atoms with Crippen LogP contribution in [0.3, 0.4) is 0 Å². The minimum atomic E-state index is -4.10. The number of fused-ring (bicyclic) bond motifs is 8. The molecule has 1 unspecified atom stereocenters. The Morgan fingerprint density at radius 1 is 0.510 bits per heavy atom. The van der Waals surface area contributed by atoms with Gasteiger partial charge in [-0.05, 0) is 202 Å². The second-order valence-corrected chi connectivity index (χ2v) is 41.4. The van der Waals surface area contributed by atoms with E-state index >= 15 is 4.79 Å². The van der Waals surface area contributed by atoms with Crippen molar-refractivity contribution in [2.45, 2.75) is 237 Å². The average molecular weight is 2070 g/mol. The molecule has 0 saturated heterocycles. The Hall–Kier alpha value is -10.7. The maximum absolute atomic E-state index is 15.0. The number of aliphatic hydroxyl groups is 1. The van der Waals surface area contributed by atoms with Crippen LogP contribution in [0.5, 0.6) is 5.75 Å². The summed E-state index contributed by atoms with van der Waals surface area (Å²) < 4.78 is 67.2. The minimum absolute atomic E-state index is 0.00337. The summed E-state index contributed by atoms with van der Waals surface area (Å²) in [5, 5.41) is 50.5. The average Bonchev–Trinajstić information content (AvgIpc) is 0.709. The third-order valence-corrected chi connectivity index (χ3v) is 29.5. The van der Waals surface area contributed by atoms with Gasteiger partial charge in [-0.3, -0.25) is 62.8 Å². The van der Waals surface area contributed by atoms with E-state index in [9.17, 15) is 62.7 Å². The lowest BCUT2D eigenvalue weighted by Crippen LogP contribution is -2.60. The topological polar surface area (TPSA) is 566 Å². The molecule has 0 aromatic heterocycles. The van der Waals surface area contributed by atoms with Crippen LogP contribution in [0.1, 0.15) is 215 Å². The molecule has 41 heteroatoms. The maximum Gasteiger partial charge on any atom is 0.327 e. The highest BCUT2D eigenvalue weighted by Gasteiger charge is 2.59. The van der Waals surface area contributed by atoms with Crippen LogP contribution in [0.15, 0.2) is 95.0 Å². The maximum atomic E-state index is 15.0. The molecule has 6 aliphatic rings. The van der Waals surface area contributed by atoms with Gasteiger partial charge in [0.25, 0.3) is 0 Å². The highest BCUT2D eigenvalue weighted by molar-refractivity contribution is 7.51. The Balaban J connectivity index is 0.689. The summed E-state index contributed by atoms with van der Waals surface area (Å²) in [4.78, 5) is 178. The number of para-hydroxylation sites is 1. The van der Waals surface area contributed by atoms with E-state index in [0.717, 1.165) is 78.3 Å². The van der Waals surface area contributed by atoms with Gasteiger partial charge in [-0.2, -0.15) is 5.10 Å². The van der Waals surface area contributed by atoms with Gasteiger partial charge in [0.15, 0.2) is 0 Å². The molecule has 4 aromatic rings. The van der Waals surface area contributed by atoms with E-state index < -0.39 is 108 Å². The van der Waals surface area contributed by atoms with Gasteiger partial charge in [0.2, 0.25) is 59.1 Å². The van der Waals surface area contributed by atoms with Crippen molar-refractivity contribution in [1.82, 2.24) is 42.5 Å². The van der Waals surface area contributed by atoms with Gasteiger partial charge >= 0.3 is 13.6 Å². The highest BCUT2D eigenvalue weighted by atomic mass is 31.2. The number of benzene rings is 4. The lowest BCUT2D eigenvalue weighted by Gasteiger charge is -2.56. The Labute approximate surface area is 861 Å². The summed E-state index contributed by atoms with van der Waals surface area (Å²) in [7, 11) is -4.10. The number of hydrogen-bond acceptors (Lipinski definition) is 27. The zero-order valence-corrected chi connectivity index (χ0v) is 87.0. The number of hydrogen-bond donors (Lipinski definition) is 15. The molecule has 1 aliphatic heterocycles. The minimum Gasteiger partial charge on any atom is -0.508 e. The number of amides is 12. The van der Waals surface area contributed by atoms with E-state index in [1.165, 1.54) is 5.56 Å². The molecule has 11 atom stereocenters. The predicted molar refractivity (Wildman–Crippen MR) is 550 cm³/mol. The normalized spacial score (nSPS) is 21.3. The van der Waals surface area contributed by atoms with Gasteiger partial charge in [-0.25, -0.2) is 4.79 Å². The molecule has 5 aliphatic carbocycles. The van der Waals surface area contributed by atoms with E-state index in [0.29, 0.717) is 140 Å². The highest BCUT2D eigenvalue weighted by Crippen LogP contribution is 2.60. The zero-order chi connectivity index (χ0) is 106. The number of carbonyl (C=O) groups excluding carboxylic acids is 11. The van der Waals surface area contributed by atoms with E-state index in [2.05, 4.69) is 78.6 Å². The SMILES string of the molecule is CC(C)[C@H](NC(=O)[C@@H](CCCCNC(=O)COC1CCCCCC(=NCCOCCOCCOCCOCCOCCP(=O)(O)O)C1=NN)NC(=O)CCOCCOCCOCCOCCNC(=O)CCC(=O)N1Cc2ccccc2C#Cc2ccccc21)C(=O)N[C@@H](CCCNC(N)=O)C(=O)N[C@@H](CO)C(=O)Nc1ccc2c(c1)[C@@]1(C)CCC[C@](C)(C(=O)NC(=O)[C@@]3(C)CCC[C@]4(C)c5cc(O)ccc5CC[C@@H]34)[C@@H]1CC2. The standard InChI is InChI=1S/C106H155N14O26P/c1-72(2)94(99(130)115-84(24-16-45-112-102(107)133)96(127)116-85(70-121)98(129)113-78-33-29-74-31-35-88-103(3,80(74)67-78)40-17-42-105(88,5)100(131)118-101(132)106(6)43-18-41-104(4)81-68-79(122)34-30-75(81)32-36-89(104)106)117-97(128)83(23-14-15-44-110-92(125)71-146-87-26-9-7-8-22-82(95(87)119-108)109-46-49-138-52-55-141-59-60-143-61-62-144-63-64-145-65-66-147(134,135)136)114-91(124)39-48-137-51-54-140-57-58-142-56-53-139-50-47-111-90(123)37-38-93(126)120-69-77-21-11-10-19-73(77)27-28-76-20-12-13-25-86(76)120/h10-13,19-21,25,29-30,33-34,67-68,72,83-85,87-89,94,121-122H,7-9,14-18,22-24,26,31-32,35-66,69-71,108H2,1-6H3,(H,110,125)(H,111,123)(H,113,129)(H,114,124)(H,115,130)(H,116,127)(H,117,128)(H3,107,112,133)(H,118,131,132)(H2,134,135,136)/t83-,84+,85+,87?,88-,89-,94+,103-,104-,105+,106+/m1/s1. The number of urea groups is 1. The van der Waals surface area contributed by atoms with Crippen LogP contribution in [0, 0.1) is 40.4 Å². The predicted octanol–water partition coefficient (Wildman–Crippen LogP) is 6.68. The number of carbonyl (C=O) groups is 11. The molecular formula is C106H155N14O26P. The first-order valence-corrected chi connectivity index (χ1v) is 53.7. The summed E-state index contributed by atoms with van der Waals surface area (Å²) >= 11 is 0. The van der Waals surface area contributed by atoms with E-state index in [4.69, 9.17) is 73.7 Å². The number of rotatable bonds is 61. The van der Waals surface area contributed by atoms with E-state index in [1.807, 2.05) is 86.6 Å². The van der Waals surface area contributed by atoms with Crippen molar-refractivity contribution in [2.24, 2.45) is 50.3 Å². The van der Waals surface area contributed by atoms with Gasteiger partial charge in [-0.15, -0.1) is 0 Å². The summed E-state index contributed by atoms with van der Waals surface area (Å²) in [5.41, 5.74) is 11.5. The van der Waals surface area contributed by atoms with Crippen LogP contribution >= 0.6 is 7.60 Å². The van der Waals surface area contributed by atoms with Crippen molar-refractivity contribution in [1.29, 1.82) is 0 Å². The lowest BCUT2D eigenvalue weighted by atomic mass is 9.49. The van der Waals surface area contributed by atoms with Crippen molar-refractivity contribution >= 4 is 95.5 Å². The number of aliphatic imine (C=N–C) groups is 1. The summed E-state index contributed by atoms with van der Waals surface area (Å²) in [6.07, 6.45) is 10.1.